The van der Waals surface area contributed by atoms with Crippen molar-refractivity contribution in [1.82, 2.24) is 20.2 Å². The highest BCUT2D eigenvalue weighted by atomic mass is 79.9. The van der Waals surface area contributed by atoms with Crippen molar-refractivity contribution in [2.24, 2.45) is 5.73 Å². The van der Waals surface area contributed by atoms with E-state index in [1.54, 1.807) is 0 Å². The van der Waals surface area contributed by atoms with Crippen LogP contribution in [-0.2, 0) is 26.1 Å². The van der Waals surface area contributed by atoms with Crippen molar-refractivity contribution in [2.75, 3.05) is 13.1 Å². The number of aromatic nitrogens is 2. The third-order valence-electron chi connectivity index (χ3n) is 5.79. The molecule has 4 rings (SSSR count). The van der Waals surface area contributed by atoms with Gasteiger partial charge in [0.25, 0.3) is 0 Å². The average Bonchev–Trinajstić information content (AvgIpc) is 2.80. The fourth-order valence-electron chi connectivity index (χ4n) is 4.29. The summed E-state index contributed by atoms with van der Waals surface area (Å²) in [7, 11) is 0. The quantitative estimate of drug-likeness (QED) is 0.479. The Morgan fingerprint density at radius 3 is 2.52 bits per heavy atom. The van der Waals surface area contributed by atoms with Crippen molar-refractivity contribution in [2.45, 2.75) is 44.9 Å². The van der Waals surface area contributed by atoms with Crippen LogP contribution in [0.1, 0.15) is 47.0 Å². The zero-order valence-corrected chi connectivity index (χ0v) is 19.6. The molecule has 5 nitrogen and oxygen atoms in total. The molecule has 0 saturated heterocycles. The second kappa shape index (κ2) is 12.1. The summed E-state index contributed by atoms with van der Waals surface area (Å²) < 4.78 is 0. The molecule has 0 spiro atoms. The highest BCUT2D eigenvalue weighted by molar-refractivity contribution is 8.93. The summed E-state index contributed by atoms with van der Waals surface area (Å²) in [4.78, 5) is 11.6. The molecule has 6 heteroatoms. The van der Waals surface area contributed by atoms with Crippen LogP contribution in [0.15, 0.2) is 67.0 Å². The number of nitrogens with zero attached hydrogens (tertiary/aromatic N) is 3. The Kier molecular flexibility index (Phi) is 9.15. The molecule has 1 atom stereocenters. The summed E-state index contributed by atoms with van der Waals surface area (Å²) in [5, 5.41) is 3.46. The van der Waals surface area contributed by atoms with Crippen LogP contribution >= 0.6 is 17.0 Å². The standard InChI is InChI=1S/C25H31N5.BrH/c26-13-16-30(24-8-3-5-22-6-4-15-29-25(22)24)19-21-11-9-20(10-12-21)17-27-18-23-7-1-2-14-28-23;/h1-2,4,6-7,9-12,14-15,24,27H,3,5,8,13,16-19,26H2;1H. The van der Waals surface area contributed by atoms with E-state index in [4.69, 9.17) is 10.7 Å². The molecule has 0 saturated carbocycles. The number of rotatable bonds is 9. The Morgan fingerprint density at radius 1 is 0.935 bits per heavy atom. The van der Waals surface area contributed by atoms with E-state index in [1.165, 1.54) is 28.8 Å². The first-order chi connectivity index (χ1) is 14.8. The molecule has 1 aliphatic rings. The molecule has 0 aliphatic heterocycles. The van der Waals surface area contributed by atoms with Crippen molar-refractivity contribution in [3.05, 3.63) is 95.1 Å². The highest BCUT2D eigenvalue weighted by Crippen LogP contribution is 2.33. The molecule has 1 unspecified atom stereocenters. The lowest BCUT2D eigenvalue weighted by molar-refractivity contribution is 0.171. The molecule has 0 fully saturated rings. The minimum absolute atomic E-state index is 0. The van der Waals surface area contributed by atoms with E-state index in [2.05, 4.69) is 51.6 Å². The van der Waals surface area contributed by atoms with Crippen LogP contribution in [0.5, 0.6) is 0 Å². The second-order valence-corrected chi connectivity index (χ2v) is 7.96. The van der Waals surface area contributed by atoms with E-state index in [0.29, 0.717) is 12.6 Å². The third kappa shape index (κ3) is 6.43. The highest BCUT2D eigenvalue weighted by Gasteiger charge is 2.26. The minimum Gasteiger partial charge on any atom is -0.329 e. The van der Waals surface area contributed by atoms with Crippen LogP contribution in [0, 0.1) is 0 Å². The molecule has 164 valence electrons. The van der Waals surface area contributed by atoms with Crippen molar-refractivity contribution in [1.29, 1.82) is 0 Å². The van der Waals surface area contributed by atoms with Gasteiger partial charge in [0.1, 0.15) is 0 Å². The first-order valence-corrected chi connectivity index (χ1v) is 10.9. The van der Waals surface area contributed by atoms with Gasteiger partial charge in [0.15, 0.2) is 0 Å². The molecule has 0 bridgehead atoms. The summed E-state index contributed by atoms with van der Waals surface area (Å²) in [6.45, 7) is 4.06. The fourth-order valence-corrected chi connectivity index (χ4v) is 4.29. The molecule has 0 amide bonds. The summed E-state index contributed by atoms with van der Waals surface area (Å²) in [5.41, 5.74) is 12.3. The molecule has 2 heterocycles. The Morgan fingerprint density at radius 2 is 1.74 bits per heavy atom. The molecular formula is C25H32BrN5. The Balaban J connectivity index is 0.00000272. The molecule has 1 aliphatic carbocycles. The zero-order valence-electron chi connectivity index (χ0n) is 17.9. The number of nitrogens with two attached hydrogens (primary N) is 1. The minimum atomic E-state index is 0. The van der Waals surface area contributed by atoms with E-state index >= 15 is 0 Å². The summed E-state index contributed by atoms with van der Waals surface area (Å²) in [5.74, 6) is 0. The van der Waals surface area contributed by atoms with Crippen LogP contribution in [0.3, 0.4) is 0 Å². The SMILES string of the molecule is Br.NCCN(Cc1ccc(CNCc2ccccn2)cc1)C1CCCc2cccnc21. The lowest BCUT2D eigenvalue weighted by Crippen LogP contribution is -2.35. The van der Waals surface area contributed by atoms with E-state index in [1.807, 2.05) is 30.6 Å². The largest absolute Gasteiger partial charge is 0.329 e. The van der Waals surface area contributed by atoms with Gasteiger partial charge in [-0.1, -0.05) is 36.4 Å². The number of aryl methyl sites for hydroxylation is 1. The van der Waals surface area contributed by atoms with Gasteiger partial charge >= 0.3 is 0 Å². The van der Waals surface area contributed by atoms with Gasteiger partial charge in [-0.2, -0.15) is 0 Å². The molecule has 1 aromatic carbocycles. The fraction of sp³-hybridized carbons (Fsp3) is 0.360. The maximum Gasteiger partial charge on any atom is 0.0607 e. The van der Waals surface area contributed by atoms with Crippen molar-refractivity contribution < 1.29 is 0 Å². The number of fused-ring (bicyclic) bond motifs is 1. The van der Waals surface area contributed by atoms with Gasteiger partial charge in [0.05, 0.1) is 17.4 Å². The predicted octanol–water partition coefficient (Wildman–Crippen LogP) is 4.18. The van der Waals surface area contributed by atoms with Gasteiger partial charge in [-0.3, -0.25) is 14.9 Å². The van der Waals surface area contributed by atoms with Crippen molar-refractivity contribution in [3.8, 4) is 0 Å². The molecule has 31 heavy (non-hydrogen) atoms. The Hall–Kier alpha value is -2.12. The van der Waals surface area contributed by atoms with Gasteiger partial charge in [0, 0.05) is 45.1 Å². The van der Waals surface area contributed by atoms with Gasteiger partial charge < -0.3 is 11.1 Å². The van der Waals surface area contributed by atoms with E-state index in [0.717, 1.165) is 44.7 Å². The Labute approximate surface area is 195 Å². The maximum absolute atomic E-state index is 5.96. The van der Waals surface area contributed by atoms with Crippen molar-refractivity contribution >= 4 is 17.0 Å². The summed E-state index contributed by atoms with van der Waals surface area (Å²) >= 11 is 0. The van der Waals surface area contributed by atoms with Crippen LogP contribution < -0.4 is 11.1 Å². The van der Waals surface area contributed by atoms with Gasteiger partial charge in [-0.25, -0.2) is 0 Å². The summed E-state index contributed by atoms with van der Waals surface area (Å²) in [6.07, 6.45) is 7.25. The Bertz CT molecular complexity index is 917. The number of pyridine rings is 2. The van der Waals surface area contributed by atoms with Gasteiger partial charge in [0.2, 0.25) is 0 Å². The lowest BCUT2D eigenvalue weighted by atomic mass is 9.90. The van der Waals surface area contributed by atoms with Crippen LogP contribution in [-0.4, -0.2) is 28.0 Å². The van der Waals surface area contributed by atoms with Crippen molar-refractivity contribution in [3.63, 3.8) is 0 Å². The summed E-state index contributed by atoms with van der Waals surface area (Å²) in [6, 6.07) is 19.6. The average molecular weight is 482 g/mol. The monoisotopic (exact) mass is 481 g/mol. The lowest BCUT2D eigenvalue weighted by Gasteiger charge is -2.35. The normalized spacial score (nSPS) is 15.4. The molecule has 3 N–H and O–H groups in total. The molecule has 2 aromatic heterocycles. The number of hydrogen-bond acceptors (Lipinski definition) is 5. The van der Waals surface area contributed by atoms with Crippen LogP contribution in [0.2, 0.25) is 0 Å². The van der Waals surface area contributed by atoms with Gasteiger partial charge in [-0.15, -0.1) is 17.0 Å². The molecule has 3 aromatic rings. The second-order valence-electron chi connectivity index (χ2n) is 7.96. The van der Waals surface area contributed by atoms with E-state index < -0.39 is 0 Å². The van der Waals surface area contributed by atoms with Crippen LogP contribution in [0.25, 0.3) is 0 Å². The smallest absolute Gasteiger partial charge is 0.0607 e. The maximum atomic E-state index is 5.96. The molecular weight excluding hydrogens is 450 g/mol. The topological polar surface area (TPSA) is 67.1 Å². The number of nitrogens with one attached hydrogen (secondary N) is 1. The molecule has 0 radical (unpaired) electrons. The van der Waals surface area contributed by atoms with Gasteiger partial charge in [-0.05, 0) is 54.2 Å². The number of benzene rings is 1. The third-order valence-corrected chi connectivity index (χ3v) is 5.79. The van der Waals surface area contributed by atoms with E-state index in [-0.39, 0.29) is 17.0 Å². The number of hydrogen-bond donors (Lipinski definition) is 2. The number of halogens is 1. The predicted molar refractivity (Wildman–Crippen MR) is 131 cm³/mol. The zero-order chi connectivity index (χ0) is 20.6. The van der Waals surface area contributed by atoms with Crippen LogP contribution in [0.4, 0.5) is 0 Å². The first kappa shape index (κ1) is 23.5. The first-order valence-electron chi connectivity index (χ1n) is 10.9. The van der Waals surface area contributed by atoms with E-state index in [9.17, 15) is 0 Å².